The molecule has 0 aliphatic heterocycles. The van der Waals surface area contributed by atoms with Gasteiger partial charge in [0.15, 0.2) is 0 Å². The maximum atomic E-state index is 10.1. The Morgan fingerprint density at radius 2 is 1.86 bits per heavy atom. The fourth-order valence-corrected chi connectivity index (χ4v) is 3.37. The summed E-state index contributed by atoms with van der Waals surface area (Å²) in [5.41, 5.74) is 5.67. The minimum Gasteiger partial charge on any atom is -0.387 e. The molecule has 1 aliphatic carbocycles. The average Bonchev–Trinajstić information content (AvgIpc) is 3.04. The van der Waals surface area contributed by atoms with E-state index in [1.807, 2.05) is 30.3 Å². The quantitative estimate of drug-likeness (QED) is 0.767. The van der Waals surface area contributed by atoms with Crippen LogP contribution in [0.4, 0.5) is 0 Å². The molecule has 1 unspecified atom stereocenters. The fourth-order valence-electron chi connectivity index (χ4n) is 3.37. The maximum absolute atomic E-state index is 10.1. The zero-order valence-corrected chi connectivity index (χ0v) is 13.1. The standard InChI is InChI=1S/C20H25NO/c22-20(18-7-2-1-3-8-18)15-21-14-6-12-17-10-4-9-16-11-5-13-19(16)17/h1-4,7-10,20-22H,5-6,11-15H2. The van der Waals surface area contributed by atoms with Crippen LogP contribution in [-0.2, 0) is 19.3 Å². The Morgan fingerprint density at radius 3 is 2.73 bits per heavy atom. The van der Waals surface area contributed by atoms with E-state index in [-0.39, 0.29) is 0 Å². The number of aryl methyl sites for hydroxylation is 2. The molecule has 0 saturated carbocycles. The molecule has 0 radical (unpaired) electrons. The molecule has 3 rings (SSSR count). The van der Waals surface area contributed by atoms with Gasteiger partial charge in [-0.3, -0.25) is 0 Å². The van der Waals surface area contributed by atoms with E-state index in [0.717, 1.165) is 24.9 Å². The van der Waals surface area contributed by atoms with Crippen molar-refractivity contribution in [1.29, 1.82) is 0 Å². The molecule has 0 fully saturated rings. The highest BCUT2D eigenvalue weighted by Gasteiger charge is 2.13. The smallest absolute Gasteiger partial charge is 0.0914 e. The Balaban J connectivity index is 1.40. The predicted octanol–water partition coefficient (Wildman–Crippen LogP) is 3.43. The summed E-state index contributed by atoms with van der Waals surface area (Å²) in [6.45, 7) is 1.57. The summed E-state index contributed by atoms with van der Waals surface area (Å²) >= 11 is 0. The molecule has 2 nitrogen and oxygen atoms in total. The van der Waals surface area contributed by atoms with Gasteiger partial charge in [0.25, 0.3) is 0 Å². The lowest BCUT2D eigenvalue weighted by Crippen LogP contribution is -2.22. The summed E-state index contributed by atoms with van der Waals surface area (Å²) in [7, 11) is 0. The maximum Gasteiger partial charge on any atom is 0.0914 e. The summed E-state index contributed by atoms with van der Waals surface area (Å²) < 4.78 is 0. The normalized spacial score (nSPS) is 14.8. The Morgan fingerprint density at radius 1 is 1.00 bits per heavy atom. The Labute approximate surface area is 133 Å². The van der Waals surface area contributed by atoms with Gasteiger partial charge in [-0.2, -0.15) is 0 Å². The van der Waals surface area contributed by atoms with Crippen molar-refractivity contribution in [2.45, 2.75) is 38.2 Å². The third-order valence-corrected chi connectivity index (χ3v) is 4.56. The van der Waals surface area contributed by atoms with Crippen LogP contribution in [-0.4, -0.2) is 18.2 Å². The van der Waals surface area contributed by atoms with Crippen molar-refractivity contribution in [1.82, 2.24) is 5.32 Å². The highest BCUT2D eigenvalue weighted by atomic mass is 16.3. The van der Waals surface area contributed by atoms with Crippen molar-refractivity contribution in [3.63, 3.8) is 0 Å². The first-order chi connectivity index (χ1) is 10.8. The van der Waals surface area contributed by atoms with Gasteiger partial charge in [-0.15, -0.1) is 0 Å². The summed E-state index contributed by atoms with van der Waals surface area (Å²) in [6, 6.07) is 16.6. The Bertz CT molecular complexity index is 594. The minimum absolute atomic E-state index is 0.415. The van der Waals surface area contributed by atoms with Crippen molar-refractivity contribution in [3.8, 4) is 0 Å². The SMILES string of the molecule is OC(CNCCCc1cccc2c1CCC2)c1ccccc1. The number of hydrogen-bond donors (Lipinski definition) is 2. The summed E-state index contributed by atoms with van der Waals surface area (Å²) in [6.07, 6.45) is 5.67. The van der Waals surface area contributed by atoms with E-state index in [9.17, 15) is 5.11 Å². The first-order valence-corrected chi connectivity index (χ1v) is 8.38. The van der Waals surface area contributed by atoms with E-state index >= 15 is 0 Å². The van der Waals surface area contributed by atoms with Crippen molar-refractivity contribution in [3.05, 3.63) is 70.8 Å². The van der Waals surface area contributed by atoms with Crippen LogP contribution in [0.3, 0.4) is 0 Å². The number of aliphatic hydroxyl groups excluding tert-OH is 1. The highest BCUT2D eigenvalue weighted by Crippen LogP contribution is 2.25. The molecular formula is C20H25NO. The van der Waals surface area contributed by atoms with Crippen LogP contribution in [0, 0.1) is 0 Å². The van der Waals surface area contributed by atoms with Gasteiger partial charge in [0.1, 0.15) is 0 Å². The molecule has 1 aliphatic rings. The second-order valence-electron chi connectivity index (χ2n) is 6.14. The molecule has 0 heterocycles. The van der Waals surface area contributed by atoms with Gasteiger partial charge in [-0.1, -0.05) is 48.5 Å². The number of nitrogens with one attached hydrogen (secondary N) is 1. The largest absolute Gasteiger partial charge is 0.387 e. The molecule has 2 N–H and O–H groups in total. The molecule has 0 spiro atoms. The molecule has 2 aromatic rings. The van der Waals surface area contributed by atoms with E-state index < -0.39 is 6.10 Å². The van der Waals surface area contributed by atoms with Gasteiger partial charge in [-0.05, 0) is 60.9 Å². The molecule has 22 heavy (non-hydrogen) atoms. The average molecular weight is 295 g/mol. The lowest BCUT2D eigenvalue weighted by molar-refractivity contribution is 0.175. The summed E-state index contributed by atoms with van der Waals surface area (Å²) in [4.78, 5) is 0. The molecule has 0 saturated heterocycles. The number of hydrogen-bond acceptors (Lipinski definition) is 2. The molecule has 0 amide bonds. The molecule has 1 atom stereocenters. The fraction of sp³-hybridized carbons (Fsp3) is 0.400. The van der Waals surface area contributed by atoms with Crippen molar-refractivity contribution in [2.24, 2.45) is 0 Å². The molecule has 0 aromatic heterocycles. The van der Waals surface area contributed by atoms with Crippen LogP contribution in [0.5, 0.6) is 0 Å². The molecular weight excluding hydrogens is 270 g/mol. The van der Waals surface area contributed by atoms with E-state index in [2.05, 4.69) is 23.5 Å². The predicted molar refractivity (Wildman–Crippen MR) is 91.1 cm³/mol. The third kappa shape index (κ3) is 3.76. The van der Waals surface area contributed by atoms with Crippen molar-refractivity contribution < 1.29 is 5.11 Å². The summed E-state index contributed by atoms with van der Waals surface area (Å²) in [5.74, 6) is 0. The first kappa shape index (κ1) is 15.3. The van der Waals surface area contributed by atoms with Gasteiger partial charge >= 0.3 is 0 Å². The van der Waals surface area contributed by atoms with Crippen LogP contribution in [0.25, 0.3) is 0 Å². The van der Waals surface area contributed by atoms with Crippen LogP contribution >= 0.6 is 0 Å². The Kier molecular flexibility index (Phi) is 5.25. The number of fused-ring (bicyclic) bond motifs is 1. The van der Waals surface area contributed by atoms with Crippen LogP contribution in [0.2, 0.25) is 0 Å². The van der Waals surface area contributed by atoms with Gasteiger partial charge in [0.05, 0.1) is 6.10 Å². The highest BCUT2D eigenvalue weighted by molar-refractivity contribution is 5.38. The van der Waals surface area contributed by atoms with Crippen LogP contribution in [0.15, 0.2) is 48.5 Å². The van der Waals surface area contributed by atoms with Gasteiger partial charge in [0.2, 0.25) is 0 Å². The second-order valence-corrected chi connectivity index (χ2v) is 6.14. The zero-order valence-electron chi connectivity index (χ0n) is 13.1. The van der Waals surface area contributed by atoms with Gasteiger partial charge < -0.3 is 10.4 Å². The third-order valence-electron chi connectivity index (χ3n) is 4.56. The van der Waals surface area contributed by atoms with E-state index in [1.54, 1.807) is 11.1 Å². The van der Waals surface area contributed by atoms with Crippen LogP contribution in [0.1, 0.15) is 41.2 Å². The topological polar surface area (TPSA) is 32.3 Å². The summed E-state index contributed by atoms with van der Waals surface area (Å²) in [5, 5.41) is 13.5. The molecule has 116 valence electrons. The lowest BCUT2D eigenvalue weighted by Gasteiger charge is -2.13. The minimum atomic E-state index is -0.415. The molecule has 2 heteroatoms. The van der Waals surface area contributed by atoms with Gasteiger partial charge in [-0.25, -0.2) is 0 Å². The van der Waals surface area contributed by atoms with Crippen LogP contribution < -0.4 is 5.32 Å². The first-order valence-electron chi connectivity index (χ1n) is 8.38. The van der Waals surface area contributed by atoms with Crippen molar-refractivity contribution in [2.75, 3.05) is 13.1 Å². The second kappa shape index (κ2) is 7.57. The zero-order chi connectivity index (χ0) is 15.2. The Hall–Kier alpha value is -1.64. The van der Waals surface area contributed by atoms with Crippen molar-refractivity contribution >= 4 is 0 Å². The number of benzene rings is 2. The van der Waals surface area contributed by atoms with E-state index in [1.165, 1.54) is 24.8 Å². The van der Waals surface area contributed by atoms with E-state index in [4.69, 9.17) is 0 Å². The number of aliphatic hydroxyl groups is 1. The molecule has 0 bridgehead atoms. The monoisotopic (exact) mass is 295 g/mol. The van der Waals surface area contributed by atoms with Gasteiger partial charge in [0, 0.05) is 6.54 Å². The lowest BCUT2D eigenvalue weighted by atomic mass is 9.99. The molecule has 2 aromatic carbocycles. The van der Waals surface area contributed by atoms with E-state index in [0.29, 0.717) is 6.54 Å². The number of rotatable bonds is 7.